The minimum atomic E-state index is -0.339. The zero-order valence-corrected chi connectivity index (χ0v) is 15.9. The molecule has 7 heteroatoms. The Morgan fingerprint density at radius 1 is 1.07 bits per heavy atom. The SMILES string of the molecule is COC(=O)CCC(=O)N1CCC[C@H](N2CCN(c3ccc(F)cc3)CC2)C1. The Morgan fingerprint density at radius 2 is 1.78 bits per heavy atom. The molecule has 1 aromatic rings. The van der Waals surface area contributed by atoms with Crippen molar-refractivity contribution in [2.24, 2.45) is 0 Å². The fourth-order valence-electron chi connectivity index (χ4n) is 3.95. The van der Waals surface area contributed by atoms with Crippen molar-refractivity contribution in [1.82, 2.24) is 9.80 Å². The Bertz CT molecular complexity index is 644. The van der Waals surface area contributed by atoms with E-state index in [1.54, 1.807) is 0 Å². The smallest absolute Gasteiger partial charge is 0.306 e. The molecule has 0 radical (unpaired) electrons. The first-order valence-electron chi connectivity index (χ1n) is 9.66. The van der Waals surface area contributed by atoms with Crippen molar-refractivity contribution in [3.8, 4) is 0 Å². The number of likely N-dealkylation sites (tertiary alicyclic amines) is 1. The maximum Gasteiger partial charge on any atom is 0.306 e. The lowest BCUT2D eigenvalue weighted by Crippen LogP contribution is -2.55. The van der Waals surface area contributed by atoms with Gasteiger partial charge in [0, 0.05) is 57.4 Å². The third kappa shape index (κ3) is 5.19. The Morgan fingerprint density at radius 3 is 2.44 bits per heavy atom. The van der Waals surface area contributed by atoms with Crippen molar-refractivity contribution in [1.29, 1.82) is 0 Å². The van der Waals surface area contributed by atoms with Crippen LogP contribution in [0.1, 0.15) is 25.7 Å². The monoisotopic (exact) mass is 377 g/mol. The maximum atomic E-state index is 13.1. The number of carbonyl (C=O) groups excluding carboxylic acids is 2. The lowest BCUT2D eigenvalue weighted by atomic mass is 10.0. The standard InChI is InChI=1S/C20H28FN3O3/c1-27-20(26)9-8-19(25)24-10-2-3-18(15-24)23-13-11-22(12-14-23)17-6-4-16(21)5-7-17/h4-7,18H,2-3,8-15H2,1H3/t18-/m0/s1. The van der Waals surface area contributed by atoms with Crippen molar-refractivity contribution in [2.75, 3.05) is 51.3 Å². The zero-order valence-electron chi connectivity index (χ0n) is 15.9. The molecule has 1 aromatic carbocycles. The average Bonchev–Trinajstić information content (AvgIpc) is 2.72. The van der Waals surface area contributed by atoms with Crippen LogP contribution in [0.2, 0.25) is 0 Å². The molecule has 6 nitrogen and oxygen atoms in total. The average molecular weight is 377 g/mol. The van der Waals surface area contributed by atoms with Gasteiger partial charge in [-0.3, -0.25) is 14.5 Å². The highest BCUT2D eigenvalue weighted by Gasteiger charge is 2.30. The number of ether oxygens (including phenoxy) is 1. The minimum absolute atomic E-state index is 0.0371. The molecule has 2 aliphatic rings. The number of benzene rings is 1. The number of piperazine rings is 1. The lowest BCUT2D eigenvalue weighted by Gasteiger charge is -2.44. The van der Waals surface area contributed by atoms with Gasteiger partial charge in [-0.1, -0.05) is 0 Å². The number of hydrogen-bond donors (Lipinski definition) is 0. The summed E-state index contributed by atoms with van der Waals surface area (Å²) in [6, 6.07) is 7.03. The molecule has 0 aromatic heterocycles. The number of carbonyl (C=O) groups is 2. The highest BCUT2D eigenvalue weighted by molar-refractivity contribution is 5.81. The second-order valence-electron chi connectivity index (χ2n) is 7.21. The van der Waals surface area contributed by atoms with Crippen LogP contribution in [0.15, 0.2) is 24.3 Å². The molecule has 0 unspecified atom stereocenters. The number of halogens is 1. The van der Waals surface area contributed by atoms with Crippen LogP contribution >= 0.6 is 0 Å². The summed E-state index contributed by atoms with van der Waals surface area (Å²) in [5, 5.41) is 0. The molecular weight excluding hydrogens is 349 g/mol. The predicted octanol–water partition coefficient (Wildman–Crippen LogP) is 1.89. The number of methoxy groups -OCH3 is 1. The van der Waals surface area contributed by atoms with E-state index in [0.29, 0.717) is 6.04 Å². The molecule has 0 saturated carbocycles. The lowest BCUT2D eigenvalue weighted by molar-refractivity contribution is -0.144. The van der Waals surface area contributed by atoms with Crippen molar-refractivity contribution < 1.29 is 18.7 Å². The normalized spacial score (nSPS) is 21.2. The number of piperidine rings is 1. The van der Waals surface area contributed by atoms with E-state index in [0.717, 1.165) is 57.8 Å². The number of esters is 1. The molecule has 2 saturated heterocycles. The first-order chi connectivity index (χ1) is 13.1. The zero-order chi connectivity index (χ0) is 19.2. The van der Waals surface area contributed by atoms with E-state index >= 15 is 0 Å². The summed E-state index contributed by atoms with van der Waals surface area (Å²) in [5.41, 5.74) is 1.05. The van der Waals surface area contributed by atoms with Crippen LogP contribution < -0.4 is 4.90 Å². The molecule has 3 rings (SSSR count). The number of rotatable bonds is 5. The van der Waals surface area contributed by atoms with Gasteiger partial charge >= 0.3 is 5.97 Å². The van der Waals surface area contributed by atoms with Crippen LogP contribution in [0, 0.1) is 5.82 Å². The van der Waals surface area contributed by atoms with Crippen LogP contribution in [0.4, 0.5) is 10.1 Å². The highest BCUT2D eigenvalue weighted by atomic mass is 19.1. The Balaban J connectivity index is 1.48. The van der Waals surface area contributed by atoms with Crippen molar-refractivity contribution in [2.45, 2.75) is 31.7 Å². The van der Waals surface area contributed by atoms with E-state index in [1.807, 2.05) is 17.0 Å². The summed E-state index contributed by atoms with van der Waals surface area (Å²) < 4.78 is 17.7. The van der Waals surface area contributed by atoms with Crippen LogP contribution in [0.3, 0.4) is 0 Å². The van der Waals surface area contributed by atoms with Crippen molar-refractivity contribution in [3.63, 3.8) is 0 Å². The van der Waals surface area contributed by atoms with Crippen LogP contribution in [0.5, 0.6) is 0 Å². The van der Waals surface area contributed by atoms with Gasteiger partial charge in [-0.25, -0.2) is 4.39 Å². The summed E-state index contributed by atoms with van der Waals surface area (Å²) in [5.74, 6) is -0.513. The first-order valence-corrected chi connectivity index (χ1v) is 9.66. The molecule has 0 spiro atoms. The van der Waals surface area contributed by atoms with Gasteiger partial charge in [0.2, 0.25) is 5.91 Å². The number of anilines is 1. The number of amides is 1. The second kappa shape index (κ2) is 9.17. The van der Waals surface area contributed by atoms with Crippen LogP contribution in [-0.4, -0.2) is 74.1 Å². The molecule has 1 atom stereocenters. The maximum absolute atomic E-state index is 13.1. The molecule has 2 heterocycles. The van der Waals surface area contributed by atoms with Gasteiger partial charge in [-0.05, 0) is 37.1 Å². The largest absolute Gasteiger partial charge is 0.469 e. The van der Waals surface area contributed by atoms with E-state index in [4.69, 9.17) is 0 Å². The highest BCUT2D eigenvalue weighted by Crippen LogP contribution is 2.21. The summed E-state index contributed by atoms with van der Waals surface area (Å²) in [6.45, 7) is 5.18. The van der Waals surface area contributed by atoms with E-state index in [-0.39, 0.29) is 30.5 Å². The minimum Gasteiger partial charge on any atom is -0.469 e. The third-order valence-corrected chi connectivity index (χ3v) is 5.54. The van der Waals surface area contributed by atoms with Gasteiger partial charge in [0.15, 0.2) is 0 Å². The van der Waals surface area contributed by atoms with E-state index in [2.05, 4.69) is 14.5 Å². The van der Waals surface area contributed by atoms with E-state index in [1.165, 1.54) is 19.2 Å². The Hall–Kier alpha value is -2.15. The van der Waals surface area contributed by atoms with E-state index < -0.39 is 0 Å². The number of nitrogens with zero attached hydrogens (tertiary/aromatic N) is 3. The summed E-state index contributed by atoms with van der Waals surface area (Å²) in [6.07, 6.45) is 2.45. The molecule has 2 aliphatic heterocycles. The molecule has 148 valence electrons. The Labute approximate surface area is 159 Å². The summed E-state index contributed by atoms with van der Waals surface area (Å²) >= 11 is 0. The second-order valence-corrected chi connectivity index (χ2v) is 7.21. The fraction of sp³-hybridized carbons (Fsp3) is 0.600. The van der Waals surface area contributed by atoms with Crippen LogP contribution in [-0.2, 0) is 14.3 Å². The van der Waals surface area contributed by atoms with Gasteiger partial charge in [-0.15, -0.1) is 0 Å². The predicted molar refractivity (Wildman–Crippen MR) is 101 cm³/mol. The molecule has 0 N–H and O–H groups in total. The van der Waals surface area contributed by atoms with Gasteiger partial charge in [-0.2, -0.15) is 0 Å². The van der Waals surface area contributed by atoms with Gasteiger partial charge in [0.05, 0.1) is 13.5 Å². The molecule has 0 bridgehead atoms. The topological polar surface area (TPSA) is 53.1 Å². The Kier molecular flexibility index (Phi) is 6.66. The van der Waals surface area contributed by atoms with Gasteiger partial charge in [0.1, 0.15) is 5.82 Å². The van der Waals surface area contributed by atoms with Gasteiger partial charge in [0.25, 0.3) is 0 Å². The van der Waals surface area contributed by atoms with E-state index in [9.17, 15) is 14.0 Å². The van der Waals surface area contributed by atoms with Crippen LogP contribution in [0.25, 0.3) is 0 Å². The quantitative estimate of drug-likeness (QED) is 0.734. The first kappa shape index (κ1) is 19.6. The molecule has 27 heavy (non-hydrogen) atoms. The van der Waals surface area contributed by atoms with Gasteiger partial charge < -0.3 is 14.5 Å². The summed E-state index contributed by atoms with van der Waals surface area (Å²) in [4.78, 5) is 30.2. The van der Waals surface area contributed by atoms with Crippen molar-refractivity contribution in [3.05, 3.63) is 30.1 Å². The molecular formula is C20H28FN3O3. The molecule has 0 aliphatic carbocycles. The van der Waals surface area contributed by atoms with Crippen molar-refractivity contribution >= 4 is 17.6 Å². The third-order valence-electron chi connectivity index (χ3n) is 5.54. The molecule has 2 fully saturated rings. The fourth-order valence-corrected chi connectivity index (χ4v) is 3.95. The number of hydrogen-bond acceptors (Lipinski definition) is 5. The molecule has 1 amide bonds. The summed E-state index contributed by atoms with van der Waals surface area (Å²) in [7, 11) is 1.34.